The lowest BCUT2D eigenvalue weighted by atomic mass is 10.1. The summed E-state index contributed by atoms with van der Waals surface area (Å²) >= 11 is 5.03. The van der Waals surface area contributed by atoms with E-state index in [1.807, 2.05) is 25.1 Å². The summed E-state index contributed by atoms with van der Waals surface area (Å²) in [5.74, 6) is 0.761. The molecular formula is C14H19NO2S. The minimum Gasteiger partial charge on any atom is -0.490 e. The molecule has 0 radical (unpaired) electrons. The summed E-state index contributed by atoms with van der Waals surface area (Å²) in [7, 11) is 0. The molecule has 0 amide bonds. The van der Waals surface area contributed by atoms with E-state index in [1.165, 1.54) is 6.42 Å². The number of benzene rings is 1. The fourth-order valence-corrected chi connectivity index (χ4v) is 2.24. The molecule has 1 aliphatic rings. The Labute approximate surface area is 113 Å². The van der Waals surface area contributed by atoms with Crippen LogP contribution in [-0.4, -0.2) is 24.3 Å². The van der Waals surface area contributed by atoms with E-state index >= 15 is 0 Å². The molecule has 1 aromatic carbocycles. The van der Waals surface area contributed by atoms with Crippen molar-refractivity contribution < 1.29 is 9.47 Å². The van der Waals surface area contributed by atoms with Crippen molar-refractivity contribution in [2.24, 2.45) is 5.73 Å². The van der Waals surface area contributed by atoms with Crippen molar-refractivity contribution in [2.75, 3.05) is 13.2 Å². The van der Waals surface area contributed by atoms with Crippen LogP contribution in [0.1, 0.15) is 30.4 Å². The van der Waals surface area contributed by atoms with E-state index in [0.29, 0.717) is 11.6 Å². The molecule has 4 heteroatoms. The molecule has 1 unspecified atom stereocenters. The normalized spacial score (nSPS) is 19.5. The number of ether oxygens (including phenoxy) is 2. The van der Waals surface area contributed by atoms with Gasteiger partial charge in [0.2, 0.25) is 0 Å². The molecule has 0 aromatic heterocycles. The molecule has 0 spiro atoms. The second kappa shape index (κ2) is 6.16. The van der Waals surface area contributed by atoms with Crippen molar-refractivity contribution in [3.8, 4) is 5.75 Å². The van der Waals surface area contributed by atoms with Gasteiger partial charge in [0, 0.05) is 6.61 Å². The predicted molar refractivity (Wildman–Crippen MR) is 76.2 cm³/mol. The highest BCUT2D eigenvalue weighted by atomic mass is 32.1. The molecule has 98 valence electrons. The van der Waals surface area contributed by atoms with Crippen LogP contribution in [0.15, 0.2) is 18.2 Å². The Hall–Kier alpha value is -1.13. The van der Waals surface area contributed by atoms with Gasteiger partial charge in [-0.3, -0.25) is 0 Å². The highest BCUT2D eigenvalue weighted by molar-refractivity contribution is 7.80. The summed E-state index contributed by atoms with van der Waals surface area (Å²) in [4.78, 5) is 0.370. The Balaban J connectivity index is 2.03. The minimum absolute atomic E-state index is 0.193. The first kappa shape index (κ1) is 13.3. The van der Waals surface area contributed by atoms with Gasteiger partial charge in [-0.25, -0.2) is 0 Å². The Morgan fingerprint density at radius 3 is 3.00 bits per heavy atom. The van der Waals surface area contributed by atoms with Crippen molar-refractivity contribution in [2.45, 2.75) is 32.3 Å². The molecule has 1 aromatic rings. The molecule has 3 nitrogen and oxygen atoms in total. The van der Waals surface area contributed by atoms with Gasteiger partial charge in [0.15, 0.2) is 0 Å². The van der Waals surface area contributed by atoms with E-state index in [0.717, 1.165) is 36.3 Å². The highest BCUT2D eigenvalue weighted by Crippen LogP contribution is 2.22. The third kappa shape index (κ3) is 3.43. The van der Waals surface area contributed by atoms with Crippen LogP contribution in [0.5, 0.6) is 5.75 Å². The summed E-state index contributed by atoms with van der Waals surface area (Å²) in [6.07, 6.45) is 3.62. The number of nitrogens with two attached hydrogens (primary N) is 1. The molecule has 1 saturated heterocycles. The zero-order valence-electron chi connectivity index (χ0n) is 10.6. The topological polar surface area (TPSA) is 44.5 Å². The maximum Gasteiger partial charge on any atom is 0.129 e. The number of hydrogen-bond donors (Lipinski definition) is 1. The SMILES string of the molecule is Cc1ccc(C(N)=S)c(OCC2CCCCO2)c1. The van der Waals surface area contributed by atoms with Crippen molar-refractivity contribution in [1.29, 1.82) is 0 Å². The van der Waals surface area contributed by atoms with Gasteiger partial charge in [0.25, 0.3) is 0 Å². The first-order valence-corrected chi connectivity index (χ1v) is 6.72. The number of rotatable bonds is 4. The minimum atomic E-state index is 0.193. The molecular weight excluding hydrogens is 246 g/mol. The van der Waals surface area contributed by atoms with E-state index in [4.69, 9.17) is 27.4 Å². The molecule has 0 saturated carbocycles. The zero-order valence-corrected chi connectivity index (χ0v) is 11.5. The fourth-order valence-electron chi connectivity index (χ4n) is 2.07. The molecule has 0 aliphatic carbocycles. The smallest absolute Gasteiger partial charge is 0.129 e. The molecule has 1 fully saturated rings. The first-order valence-electron chi connectivity index (χ1n) is 6.31. The molecule has 2 N–H and O–H groups in total. The van der Waals surface area contributed by atoms with E-state index in [2.05, 4.69) is 0 Å². The number of hydrogen-bond acceptors (Lipinski definition) is 3. The Morgan fingerprint density at radius 2 is 2.33 bits per heavy atom. The van der Waals surface area contributed by atoms with Gasteiger partial charge >= 0.3 is 0 Å². The van der Waals surface area contributed by atoms with Crippen LogP contribution in [0.25, 0.3) is 0 Å². The van der Waals surface area contributed by atoms with Gasteiger partial charge in [-0.15, -0.1) is 0 Å². The second-order valence-corrected chi connectivity index (χ2v) is 5.10. The van der Waals surface area contributed by atoms with Crippen LogP contribution >= 0.6 is 12.2 Å². The van der Waals surface area contributed by atoms with E-state index < -0.39 is 0 Å². The molecule has 18 heavy (non-hydrogen) atoms. The Bertz CT molecular complexity index is 428. The second-order valence-electron chi connectivity index (χ2n) is 4.66. The van der Waals surface area contributed by atoms with E-state index in [1.54, 1.807) is 0 Å². The molecule has 0 bridgehead atoms. The lowest BCUT2D eigenvalue weighted by Gasteiger charge is -2.23. The standard InChI is InChI=1S/C14H19NO2S/c1-10-5-6-12(14(15)18)13(8-10)17-9-11-4-2-3-7-16-11/h5-6,8,11H,2-4,7,9H2,1H3,(H2,15,18). The van der Waals surface area contributed by atoms with Gasteiger partial charge in [-0.2, -0.15) is 0 Å². The number of aryl methyl sites for hydroxylation is 1. The Kier molecular flexibility index (Phi) is 4.55. The van der Waals surface area contributed by atoms with Crippen LogP contribution in [0.2, 0.25) is 0 Å². The zero-order chi connectivity index (χ0) is 13.0. The van der Waals surface area contributed by atoms with Gasteiger partial charge in [0.05, 0.1) is 11.7 Å². The highest BCUT2D eigenvalue weighted by Gasteiger charge is 2.15. The van der Waals surface area contributed by atoms with Crippen LogP contribution < -0.4 is 10.5 Å². The molecule has 2 rings (SSSR count). The van der Waals surface area contributed by atoms with Crippen molar-refractivity contribution in [1.82, 2.24) is 0 Å². The quantitative estimate of drug-likeness (QED) is 0.850. The number of thiocarbonyl (C=S) groups is 1. The monoisotopic (exact) mass is 265 g/mol. The van der Waals surface area contributed by atoms with Crippen molar-refractivity contribution in [3.63, 3.8) is 0 Å². The van der Waals surface area contributed by atoms with Gasteiger partial charge in [-0.1, -0.05) is 18.3 Å². The predicted octanol–water partition coefficient (Wildman–Crippen LogP) is 2.58. The van der Waals surface area contributed by atoms with Gasteiger partial charge < -0.3 is 15.2 Å². The summed E-state index contributed by atoms with van der Waals surface area (Å²) in [5.41, 5.74) is 7.63. The first-order chi connectivity index (χ1) is 8.66. The fraction of sp³-hybridized carbons (Fsp3) is 0.500. The summed E-state index contributed by atoms with van der Waals surface area (Å²) in [6, 6.07) is 5.87. The van der Waals surface area contributed by atoms with Crippen LogP contribution in [0.4, 0.5) is 0 Å². The lowest BCUT2D eigenvalue weighted by molar-refractivity contribution is -0.0111. The molecule has 1 atom stereocenters. The summed E-state index contributed by atoms with van der Waals surface area (Å²) < 4.78 is 11.5. The van der Waals surface area contributed by atoms with Crippen molar-refractivity contribution in [3.05, 3.63) is 29.3 Å². The van der Waals surface area contributed by atoms with Crippen LogP contribution in [0, 0.1) is 6.92 Å². The van der Waals surface area contributed by atoms with E-state index in [9.17, 15) is 0 Å². The average molecular weight is 265 g/mol. The van der Waals surface area contributed by atoms with Gasteiger partial charge in [-0.05, 0) is 43.9 Å². The van der Waals surface area contributed by atoms with Crippen LogP contribution in [-0.2, 0) is 4.74 Å². The third-order valence-electron chi connectivity index (χ3n) is 3.10. The van der Waals surface area contributed by atoms with Crippen LogP contribution in [0.3, 0.4) is 0 Å². The largest absolute Gasteiger partial charge is 0.490 e. The van der Waals surface area contributed by atoms with Crippen molar-refractivity contribution >= 4 is 17.2 Å². The maximum absolute atomic E-state index is 5.83. The van der Waals surface area contributed by atoms with Gasteiger partial charge in [0.1, 0.15) is 17.3 Å². The Morgan fingerprint density at radius 1 is 1.50 bits per heavy atom. The average Bonchev–Trinajstić information content (AvgIpc) is 2.37. The molecule has 1 heterocycles. The third-order valence-corrected chi connectivity index (χ3v) is 3.32. The summed E-state index contributed by atoms with van der Waals surface area (Å²) in [5, 5.41) is 0. The molecule has 1 aliphatic heterocycles. The maximum atomic E-state index is 5.83. The van der Waals surface area contributed by atoms with E-state index in [-0.39, 0.29) is 6.10 Å². The summed E-state index contributed by atoms with van der Waals surface area (Å²) in [6.45, 7) is 3.43. The lowest BCUT2D eigenvalue weighted by Crippen LogP contribution is -2.26.